The van der Waals surface area contributed by atoms with E-state index in [1.54, 1.807) is 6.07 Å². The van der Waals surface area contributed by atoms with Gasteiger partial charge < -0.3 is 19.0 Å². The molecule has 7 atom stereocenters. The van der Waals surface area contributed by atoms with Crippen molar-refractivity contribution in [2.75, 3.05) is 6.61 Å². The summed E-state index contributed by atoms with van der Waals surface area (Å²) in [6.07, 6.45) is 7.42. The summed E-state index contributed by atoms with van der Waals surface area (Å²) >= 11 is 0. The summed E-state index contributed by atoms with van der Waals surface area (Å²) in [6, 6.07) is 1.72. The molecule has 3 fully saturated rings. The van der Waals surface area contributed by atoms with E-state index in [0.717, 1.165) is 12.8 Å². The third-order valence-electron chi connectivity index (χ3n) is 7.47. The number of carbonyl (C=O) groups is 2. The average molecular weight is 358 g/mol. The van der Waals surface area contributed by atoms with Crippen LogP contribution in [0.2, 0.25) is 0 Å². The predicted molar refractivity (Wildman–Crippen MR) is 88.5 cm³/mol. The number of rotatable bonds is 1. The number of cyclic esters (lactones) is 2. The summed E-state index contributed by atoms with van der Waals surface area (Å²) in [6.45, 7) is 2.35. The standard InChI is InChI=1S/C20H22O6/c1-19-12(18(23)26-15(16(19)21)11-6-8-24-9-11)5-7-20-10-25-17(22)13(20)3-2-4-14(19)20/h2-3,6,8-9,12-16,21H,4-5,7,10H2,1H3/t12-,13?,14-,15+,16+,19+,20-/m1/s1. The molecule has 0 amide bonds. The first kappa shape index (κ1) is 16.1. The van der Waals surface area contributed by atoms with Gasteiger partial charge in [-0.3, -0.25) is 9.59 Å². The summed E-state index contributed by atoms with van der Waals surface area (Å²) in [5, 5.41) is 11.4. The number of esters is 2. The Labute approximate surface area is 151 Å². The number of carbonyl (C=O) groups excluding carboxylic acids is 2. The second kappa shape index (κ2) is 5.22. The van der Waals surface area contributed by atoms with Crippen LogP contribution in [0.5, 0.6) is 0 Å². The summed E-state index contributed by atoms with van der Waals surface area (Å²) < 4.78 is 16.2. The highest BCUT2D eigenvalue weighted by Gasteiger charge is 2.69. The number of aliphatic hydroxyl groups is 1. The van der Waals surface area contributed by atoms with E-state index < -0.39 is 17.6 Å². The largest absolute Gasteiger partial charge is 0.472 e. The average Bonchev–Trinajstić information content (AvgIpc) is 3.27. The lowest BCUT2D eigenvalue weighted by Gasteiger charge is -2.60. The Morgan fingerprint density at radius 3 is 2.88 bits per heavy atom. The van der Waals surface area contributed by atoms with E-state index >= 15 is 0 Å². The molecule has 138 valence electrons. The molecular weight excluding hydrogens is 336 g/mol. The Bertz CT molecular complexity index is 782. The Balaban J connectivity index is 1.61. The quantitative estimate of drug-likeness (QED) is 0.613. The molecule has 1 N–H and O–H groups in total. The molecule has 4 aliphatic rings. The molecule has 1 spiro atoms. The minimum atomic E-state index is -0.868. The normalized spacial score (nSPS) is 46.8. The van der Waals surface area contributed by atoms with Crippen LogP contribution >= 0.6 is 0 Å². The molecule has 1 aromatic rings. The lowest BCUT2D eigenvalue weighted by atomic mass is 9.44. The minimum Gasteiger partial charge on any atom is -0.472 e. The van der Waals surface area contributed by atoms with Gasteiger partial charge in [0.25, 0.3) is 0 Å². The lowest BCUT2D eigenvalue weighted by Crippen LogP contribution is -2.63. The number of ether oxygens (including phenoxy) is 2. The van der Waals surface area contributed by atoms with Crippen LogP contribution in [-0.2, 0) is 19.1 Å². The number of hydrogen-bond acceptors (Lipinski definition) is 6. The monoisotopic (exact) mass is 358 g/mol. The summed E-state index contributed by atoms with van der Waals surface area (Å²) in [4.78, 5) is 25.1. The van der Waals surface area contributed by atoms with E-state index in [2.05, 4.69) is 0 Å². The molecule has 6 heteroatoms. The van der Waals surface area contributed by atoms with Crippen LogP contribution in [0.25, 0.3) is 0 Å². The molecule has 26 heavy (non-hydrogen) atoms. The first-order valence-electron chi connectivity index (χ1n) is 9.22. The Kier molecular flexibility index (Phi) is 3.24. The van der Waals surface area contributed by atoms with Crippen LogP contribution in [0.3, 0.4) is 0 Å². The molecule has 5 rings (SSSR count). The van der Waals surface area contributed by atoms with E-state index in [1.807, 2.05) is 19.1 Å². The molecule has 2 aliphatic carbocycles. The van der Waals surface area contributed by atoms with Gasteiger partial charge >= 0.3 is 11.9 Å². The minimum absolute atomic E-state index is 0.0209. The second-order valence-corrected chi connectivity index (χ2v) is 8.35. The lowest BCUT2D eigenvalue weighted by molar-refractivity contribution is -0.232. The third-order valence-corrected chi connectivity index (χ3v) is 7.47. The topological polar surface area (TPSA) is 86.0 Å². The summed E-state index contributed by atoms with van der Waals surface area (Å²) in [7, 11) is 0. The SMILES string of the molecule is C[C@]12[C@H](CC[C@@]34COC(=O)C3C=CC[C@@H]41)C(=O)O[C@@H](c1ccoc1)[C@@H]2O. The number of allylic oxidation sites excluding steroid dienone is 1. The maximum atomic E-state index is 12.8. The van der Waals surface area contributed by atoms with Gasteiger partial charge in [-0.2, -0.15) is 0 Å². The van der Waals surface area contributed by atoms with Crippen LogP contribution in [0, 0.1) is 28.6 Å². The number of hydrogen-bond donors (Lipinski definition) is 1. The van der Waals surface area contributed by atoms with E-state index in [4.69, 9.17) is 13.9 Å². The number of aliphatic hydroxyl groups excluding tert-OH is 1. The van der Waals surface area contributed by atoms with Crippen LogP contribution in [0.1, 0.15) is 37.9 Å². The van der Waals surface area contributed by atoms with Crippen molar-refractivity contribution in [2.45, 2.75) is 38.4 Å². The molecular formula is C20H22O6. The van der Waals surface area contributed by atoms with Gasteiger partial charge in [-0.15, -0.1) is 0 Å². The van der Waals surface area contributed by atoms with Gasteiger partial charge in [0, 0.05) is 16.4 Å². The Morgan fingerprint density at radius 1 is 1.27 bits per heavy atom. The molecule has 2 saturated heterocycles. The van der Waals surface area contributed by atoms with E-state index in [1.165, 1.54) is 12.5 Å². The summed E-state index contributed by atoms with van der Waals surface area (Å²) in [5.74, 6) is -1.13. The van der Waals surface area contributed by atoms with Crippen molar-refractivity contribution in [3.8, 4) is 0 Å². The van der Waals surface area contributed by atoms with Gasteiger partial charge in [0.1, 0.15) is 6.10 Å². The zero-order chi connectivity index (χ0) is 18.1. The van der Waals surface area contributed by atoms with Crippen molar-refractivity contribution in [3.05, 3.63) is 36.3 Å². The molecule has 0 aromatic carbocycles. The van der Waals surface area contributed by atoms with Crippen molar-refractivity contribution in [2.24, 2.45) is 28.6 Å². The fraction of sp³-hybridized carbons (Fsp3) is 0.600. The number of furan rings is 1. The van der Waals surface area contributed by atoms with Crippen molar-refractivity contribution in [1.29, 1.82) is 0 Å². The van der Waals surface area contributed by atoms with E-state index in [9.17, 15) is 14.7 Å². The first-order chi connectivity index (χ1) is 12.5. The molecule has 3 heterocycles. The van der Waals surface area contributed by atoms with Crippen LogP contribution < -0.4 is 0 Å². The van der Waals surface area contributed by atoms with Gasteiger partial charge in [0.15, 0.2) is 6.10 Å². The third kappa shape index (κ3) is 1.80. The Morgan fingerprint density at radius 2 is 2.12 bits per heavy atom. The summed E-state index contributed by atoms with van der Waals surface area (Å²) in [5.41, 5.74) is -0.366. The fourth-order valence-corrected chi connectivity index (χ4v) is 6.10. The van der Waals surface area contributed by atoms with Crippen LogP contribution in [0.15, 0.2) is 35.2 Å². The van der Waals surface area contributed by atoms with Gasteiger partial charge in [-0.05, 0) is 31.2 Å². The first-order valence-corrected chi connectivity index (χ1v) is 9.22. The number of fused-ring (bicyclic) bond motifs is 2. The van der Waals surface area contributed by atoms with Gasteiger partial charge in [-0.1, -0.05) is 19.1 Å². The molecule has 0 bridgehead atoms. The fourth-order valence-electron chi connectivity index (χ4n) is 6.10. The zero-order valence-electron chi connectivity index (χ0n) is 14.6. The molecule has 1 aromatic heterocycles. The Hall–Kier alpha value is -2.08. The van der Waals surface area contributed by atoms with Crippen LogP contribution in [-0.4, -0.2) is 29.8 Å². The highest BCUT2D eigenvalue weighted by atomic mass is 16.6. The van der Waals surface area contributed by atoms with Crippen molar-refractivity contribution in [1.82, 2.24) is 0 Å². The predicted octanol–water partition coefficient (Wildman–Crippen LogP) is 2.39. The van der Waals surface area contributed by atoms with E-state index in [-0.39, 0.29) is 35.1 Å². The van der Waals surface area contributed by atoms with Crippen molar-refractivity contribution < 1.29 is 28.6 Å². The molecule has 0 radical (unpaired) electrons. The van der Waals surface area contributed by atoms with Gasteiger partial charge in [0.05, 0.1) is 31.0 Å². The zero-order valence-corrected chi connectivity index (χ0v) is 14.6. The van der Waals surface area contributed by atoms with Crippen LogP contribution in [0.4, 0.5) is 0 Å². The van der Waals surface area contributed by atoms with Crippen molar-refractivity contribution in [3.63, 3.8) is 0 Å². The maximum Gasteiger partial charge on any atom is 0.313 e. The molecule has 1 saturated carbocycles. The molecule has 6 nitrogen and oxygen atoms in total. The van der Waals surface area contributed by atoms with Gasteiger partial charge in [-0.25, -0.2) is 0 Å². The molecule has 1 unspecified atom stereocenters. The molecule has 2 aliphatic heterocycles. The second-order valence-electron chi connectivity index (χ2n) is 8.35. The van der Waals surface area contributed by atoms with Crippen molar-refractivity contribution >= 4 is 11.9 Å². The smallest absolute Gasteiger partial charge is 0.313 e. The highest BCUT2D eigenvalue weighted by Crippen LogP contribution is 2.66. The van der Waals surface area contributed by atoms with Gasteiger partial charge in [0.2, 0.25) is 0 Å². The van der Waals surface area contributed by atoms with E-state index in [0.29, 0.717) is 18.6 Å². The highest BCUT2D eigenvalue weighted by molar-refractivity contribution is 5.79. The maximum absolute atomic E-state index is 12.8.